The zero-order valence-corrected chi connectivity index (χ0v) is 14.6. The molecule has 0 unspecified atom stereocenters. The zero-order valence-electron chi connectivity index (χ0n) is 13.0. The lowest BCUT2D eigenvalue weighted by Gasteiger charge is -2.29. The smallest absolute Gasteiger partial charge is 0.350 e. The zero-order chi connectivity index (χ0) is 18.1. The second-order valence-corrected chi connectivity index (χ2v) is 5.99. The Labute approximate surface area is 145 Å². The summed E-state index contributed by atoms with van der Waals surface area (Å²) in [6.45, 7) is 2.88. The molecule has 24 heavy (non-hydrogen) atoms. The summed E-state index contributed by atoms with van der Waals surface area (Å²) < 4.78 is 14.6. The number of benzene rings is 1. The second kappa shape index (κ2) is 6.52. The van der Waals surface area contributed by atoms with Crippen LogP contribution in [0.15, 0.2) is 28.4 Å². The van der Waals surface area contributed by atoms with E-state index in [0.717, 1.165) is 6.20 Å². The Kier molecular flexibility index (Phi) is 4.83. The number of ether oxygens (including phenoxy) is 3. The second-order valence-electron chi connectivity index (χ2n) is 5.20. The van der Waals surface area contributed by atoms with Gasteiger partial charge in [-0.3, -0.25) is 0 Å². The average Bonchev–Trinajstić information content (AvgIpc) is 2.48. The van der Waals surface area contributed by atoms with Gasteiger partial charge in [-0.1, -0.05) is 0 Å². The maximum atomic E-state index is 11.8. The van der Waals surface area contributed by atoms with E-state index >= 15 is 0 Å². The van der Waals surface area contributed by atoms with Crippen molar-refractivity contribution in [3.63, 3.8) is 0 Å². The molecule has 1 heterocycles. The molecule has 8 nitrogen and oxygen atoms in total. The van der Waals surface area contributed by atoms with Crippen molar-refractivity contribution in [2.24, 2.45) is 0 Å². The van der Waals surface area contributed by atoms with Gasteiger partial charge in [0.25, 0.3) is 5.79 Å². The van der Waals surface area contributed by atoms with Crippen molar-refractivity contribution in [3.05, 3.63) is 33.9 Å². The van der Waals surface area contributed by atoms with Crippen molar-refractivity contribution in [2.45, 2.75) is 19.6 Å². The van der Waals surface area contributed by atoms with Gasteiger partial charge >= 0.3 is 17.9 Å². The molecule has 0 bridgehead atoms. The highest BCUT2D eigenvalue weighted by molar-refractivity contribution is 9.10. The molecular weight excluding hydrogens is 386 g/mol. The Hall–Kier alpha value is -2.55. The highest BCUT2D eigenvalue weighted by Crippen LogP contribution is 2.35. The van der Waals surface area contributed by atoms with Crippen LogP contribution in [0.1, 0.15) is 24.2 Å². The van der Waals surface area contributed by atoms with Crippen LogP contribution in [-0.4, -0.2) is 35.9 Å². The van der Waals surface area contributed by atoms with Crippen molar-refractivity contribution in [3.8, 4) is 5.75 Å². The Morgan fingerprint density at radius 2 is 1.88 bits per heavy atom. The molecule has 0 atom stereocenters. The minimum Gasteiger partial charge on any atom is -0.506 e. The highest BCUT2D eigenvalue weighted by Gasteiger charge is 2.39. The van der Waals surface area contributed by atoms with Crippen molar-refractivity contribution < 1.29 is 33.7 Å². The highest BCUT2D eigenvalue weighted by atomic mass is 79.9. The van der Waals surface area contributed by atoms with Gasteiger partial charge in [0.2, 0.25) is 0 Å². The molecule has 1 aromatic carbocycles. The number of methoxy groups -OCH3 is 1. The molecule has 0 amide bonds. The number of carbonyl (C=O) groups is 3. The molecule has 1 aliphatic rings. The summed E-state index contributed by atoms with van der Waals surface area (Å²) in [5.74, 6) is -4.06. The van der Waals surface area contributed by atoms with Crippen LogP contribution < -0.4 is 5.32 Å². The predicted molar refractivity (Wildman–Crippen MR) is 85.1 cm³/mol. The summed E-state index contributed by atoms with van der Waals surface area (Å²) >= 11 is 3.12. The lowest BCUT2D eigenvalue weighted by molar-refractivity contribution is -0.222. The Bertz CT molecular complexity index is 732. The van der Waals surface area contributed by atoms with Crippen LogP contribution in [-0.2, 0) is 23.8 Å². The number of halogens is 1. The lowest BCUT2D eigenvalue weighted by Crippen LogP contribution is -2.42. The minimum absolute atomic E-state index is 0.0409. The topological polar surface area (TPSA) is 111 Å². The molecule has 128 valence electrons. The van der Waals surface area contributed by atoms with Crippen molar-refractivity contribution in [1.82, 2.24) is 0 Å². The quantitative estimate of drug-likeness (QED) is 0.451. The molecule has 2 rings (SSSR count). The van der Waals surface area contributed by atoms with Crippen LogP contribution in [0.3, 0.4) is 0 Å². The molecule has 0 radical (unpaired) electrons. The number of rotatable bonds is 3. The van der Waals surface area contributed by atoms with E-state index in [-0.39, 0.29) is 21.4 Å². The van der Waals surface area contributed by atoms with Gasteiger partial charge in [0.15, 0.2) is 5.57 Å². The Balaban J connectivity index is 2.26. The third kappa shape index (κ3) is 3.51. The molecule has 0 aliphatic carbocycles. The van der Waals surface area contributed by atoms with Crippen LogP contribution in [0.25, 0.3) is 0 Å². The van der Waals surface area contributed by atoms with Crippen LogP contribution in [0.2, 0.25) is 0 Å². The van der Waals surface area contributed by atoms with Gasteiger partial charge < -0.3 is 24.6 Å². The Morgan fingerprint density at radius 1 is 1.29 bits per heavy atom. The van der Waals surface area contributed by atoms with Gasteiger partial charge in [0.1, 0.15) is 11.3 Å². The third-order valence-electron chi connectivity index (χ3n) is 3.01. The number of hydrogen-bond acceptors (Lipinski definition) is 8. The van der Waals surface area contributed by atoms with Crippen LogP contribution >= 0.6 is 15.9 Å². The molecule has 1 aromatic rings. The van der Waals surface area contributed by atoms with Crippen molar-refractivity contribution in [2.75, 3.05) is 12.4 Å². The maximum Gasteiger partial charge on any atom is 0.350 e. The Morgan fingerprint density at radius 3 is 2.42 bits per heavy atom. The molecule has 9 heteroatoms. The lowest BCUT2D eigenvalue weighted by atomic mass is 10.1. The van der Waals surface area contributed by atoms with E-state index in [0.29, 0.717) is 5.69 Å². The van der Waals surface area contributed by atoms with Crippen LogP contribution in [0, 0.1) is 0 Å². The van der Waals surface area contributed by atoms with E-state index in [1.807, 2.05) is 0 Å². The van der Waals surface area contributed by atoms with Crippen molar-refractivity contribution >= 4 is 39.5 Å². The molecule has 2 N–H and O–H groups in total. The summed E-state index contributed by atoms with van der Waals surface area (Å²) in [7, 11) is 1.19. The van der Waals surface area contributed by atoms with E-state index in [1.165, 1.54) is 33.1 Å². The average molecular weight is 400 g/mol. The van der Waals surface area contributed by atoms with Gasteiger partial charge in [0, 0.05) is 20.0 Å². The molecule has 0 aromatic heterocycles. The third-order valence-corrected chi connectivity index (χ3v) is 3.81. The first kappa shape index (κ1) is 17.8. The summed E-state index contributed by atoms with van der Waals surface area (Å²) in [4.78, 5) is 35.1. The number of nitrogens with one attached hydrogen (secondary N) is 1. The molecule has 1 aliphatic heterocycles. The minimum atomic E-state index is -1.33. The maximum absolute atomic E-state index is 11.8. The number of aromatic hydroxyl groups is 1. The van der Waals surface area contributed by atoms with E-state index < -0.39 is 23.7 Å². The fourth-order valence-corrected chi connectivity index (χ4v) is 2.34. The largest absolute Gasteiger partial charge is 0.506 e. The summed E-state index contributed by atoms with van der Waals surface area (Å²) in [5, 5.41) is 12.7. The first-order valence-corrected chi connectivity index (χ1v) is 7.48. The molecular formula is C15H14BrNO7. The fourth-order valence-electron chi connectivity index (χ4n) is 1.88. The van der Waals surface area contributed by atoms with Gasteiger partial charge in [-0.15, -0.1) is 0 Å². The van der Waals surface area contributed by atoms with Gasteiger partial charge in [-0.05, 0) is 28.1 Å². The van der Waals surface area contributed by atoms with Crippen molar-refractivity contribution in [1.29, 1.82) is 0 Å². The van der Waals surface area contributed by atoms with E-state index in [9.17, 15) is 19.5 Å². The summed E-state index contributed by atoms with van der Waals surface area (Å²) in [6, 6.07) is 2.78. The number of hydrogen-bond donors (Lipinski definition) is 2. The van der Waals surface area contributed by atoms with Gasteiger partial charge in [-0.2, -0.15) is 0 Å². The standard InChI is InChI=1S/C15H14BrNO7/c1-15(2)23-13(20)8(14(21)24-15)6-17-9-5-4-7(12(19)22-3)11(18)10(9)16/h4-6,17-18H,1-3H3. The number of esters is 3. The van der Waals surface area contributed by atoms with E-state index in [2.05, 4.69) is 26.0 Å². The van der Waals surface area contributed by atoms with E-state index in [1.54, 1.807) is 0 Å². The van der Waals surface area contributed by atoms with Gasteiger partial charge in [-0.25, -0.2) is 14.4 Å². The fraction of sp³-hybridized carbons (Fsp3) is 0.267. The predicted octanol–water partition coefficient (Wildman–Crippen LogP) is 2.07. The molecule has 0 saturated carbocycles. The summed E-state index contributed by atoms with van der Waals surface area (Å²) in [5.41, 5.74) is -0.0725. The SMILES string of the molecule is COC(=O)c1ccc(NC=C2C(=O)OC(C)(C)OC2=O)c(Br)c1O. The van der Waals surface area contributed by atoms with Crippen LogP contribution in [0.5, 0.6) is 5.75 Å². The van der Waals surface area contributed by atoms with E-state index in [4.69, 9.17) is 9.47 Å². The number of carbonyl (C=O) groups excluding carboxylic acids is 3. The molecule has 1 saturated heterocycles. The summed E-state index contributed by atoms with van der Waals surface area (Å²) in [6.07, 6.45) is 1.09. The first-order chi connectivity index (χ1) is 11.2. The van der Waals surface area contributed by atoms with Gasteiger partial charge in [0.05, 0.1) is 17.3 Å². The molecule has 1 fully saturated rings. The number of anilines is 1. The normalized spacial score (nSPS) is 16.1. The number of phenolic OH excluding ortho intramolecular Hbond substituents is 1. The van der Waals surface area contributed by atoms with Crippen LogP contribution in [0.4, 0.5) is 5.69 Å². The number of phenols is 1. The number of cyclic esters (lactones) is 2. The molecule has 0 spiro atoms. The monoisotopic (exact) mass is 399 g/mol. The first-order valence-electron chi connectivity index (χ1n) is 6.69.